The molecule has 2 aliphatic carbocycles. The highest BCUT2D eigenvalue weighted by Gasteiger charge is 2.81. The van der Waals surface area contributed by atoms with Crippen molar-refractivity contribution < 1.29 is 39.6 Å². The molecular formula is C21H33NO8. The number of rotatable bonds is 2. The predicted octanol–water partition coefficient (Wildman–Crippen LogP) is 1.07. The first-order valence-electron chi connectivity index (χ1n) is 10.2. The Morgan fingerprint density at radius 3 is 2.40 bits per heavy atom. The lowest BCUT2D eigenvalue weighted by atomic mass is 9.40. The van der Waals surface area contributed by atoms with Crippen molar-refractivity contribution >= 4 is 11.9 Å². The molecule has 30 heavy (non-hydrogen) atoms. The van der Waals surface area contributed by atoms with Crippen LogP contribution in [0.5, 0.6) is 0 Å². The summed E-state index contributed by atoms with van der Waals surface area (Å²) in [6, 6.07) is 0. The fourth-order valence-electron chi connectivity index (χ4n) is 6.62. The summed E-state index contributed by atoms with van der Waals surface area (Å²) in [4.78, 5) is 25.5. The minimum atomic E-state index is -2.29. The normalized spacial score (nSPS) is 50.1. The summed E-state index contributed by atoms with van der Waals surface area (Å²) >= 11 is 0. The zero-order valence-electron chi connectivity index (χ0n) is 18.1. The lowest BCUT2D eigenvalue weighted by molar-refractivity contribution is -0.369. The molecule has 1 heterocycles. The van der Waals surface area contributed by atoms with Gasteiger partial charge in [-0.2, -0.15) is 0 Å². The van der Waals surface area contributed by atoms with E-state index in [2.05, 4.69) is 6.58 Å². The molecule has 3 aliphatic rings. The molecule has 0 radical (unpaired) electrons. The molecule has 2 saturated carbocycles. The fraction of sp³-hybridized carbons (Fsp3) is 0.810. The molecule has 0 aromatic rings. The Morgan fingerprint density at radius 1 is 1.27 bits per heavy atom. The van der Waals surface area contributed by atoms with Gasteiger partial charge in [-0.3, -0.25) is 10.0 Å². The van der Waals surface area contributed by atoms with Crippen molar-refractivity contribution in [3.05, 3.63) is 12.7 Å². The largest absolute Gasteiger partial charge is 0.439 e. The molecule has 9 heteroatoms. The number of hydrogen-bond acceptors (Lipinski definition) is 8. The summed E-state index contributed by atoms with van der Waals surface area (Å²) in [6.07, 6.45) is -3.22. The van der Waals surface area contributed by atoms with Gasteiger partial charge in [-0.15, -0.1) is 6.58 Å². The highest BCUT2D eigenvalue weighted by molar-refractivity contribution is 5.92. The maximum Gasteiger partial charge on any atom is 0.431 e. The van der Waals surface area contributed by atoms with E-state index in [4.69, 9.17) is 14.7 Å². The predicted molar refractivity (Wildman–Crippen MR) is 104 cm³/mol. The van der Waals surface area contributed by atoms with Gasteiger partial charge in [0, 0.05) is 17.8 Å². The number of hydrogen-bond donors (Lipinski definition) is 5. The number of fused-ring (bicyclic) bond motifs is 3. The Bertz CT molecular complexity index is 770. The molecule has 0 bridgehead atoms. The van der Waals surface area contributed by atoms with E-state index in [1.54, 1.807) is 13.8 Å². The van der Waals surface area contributed by atoms with E-state index < -0.39 is 63.7 Å². The molecule has 170 valence electrons. The van der Waals surface area contributed by atoms with Crippen molar-refractivity contribution in [2.75, 3.05) is 0 Å². The topological polar surface area (TPSA) is 146 Å². The second-order valence-electron chi connectivity index (χ2n) is 10.3. The fourth-order valence-corrected chi connectivity index (χ4v) is 6.62. The minimum Gasteiger partial charge on any atom is -0.439 e. The molecule has 1 aliphatic heterocycles. The average Bonchev–Trinajstić information content (AvgIpc) is 2.65. The number of hydroxylamine groups is 1. The number of carbonyl (C=O) groups is 2. The van der Waals surface area contributed by atoms with Crippen LogP contribution in [0.25, 0.3) is 0 Å². The zero-order valence-corrected chi connectivity index (χ0v) is 18.1. The summed E-state index contributed by atoms with van der Waals surface area (Å²) in [7, 11) is 0. The Labute approximate surface area is 176 Å². The Morgan fingerprint density at radius 2 is 1.87 bits per heavy atom. The van der Waals surface area contributed by atoms with Crippen LogP contribution in [0.4, 0.5) is 4.79 Å². The van der Waals surface area contributed by atoms with Gasteiger partial charge in [0.05, 0.1) is 17.8 Å². The van der Waals surface area contributed by atoms with Crippen LogP contribution in [0.2, 0.25) is 0 Å². The Balaban J connectivity index is 2.31. The molecule has 5 N–H and O–H groups in total. The van der Waals surface area contributed by atoms with Crippen molar-refractivity contribution in [2.45, 2.75) is 89.0 Å². The van der Waals surface area contributed by atoms with Gasteiger partial charge in [-0.05, 0) is 32.1 Å². The molecule has 3 fully saturated rings. The van der Waals surface area contributed by atoms with Crippen LogP contribution in [0, 0.1) is 16.7 Å². The number of ketones is 1. The summed E-state index contributed by atoms with van der Waals surface area (Å²) in [5, 5.41) is 43.7. The van der Waals surface area contributed by atoms with Crippen molar-refractivity contribution in [3.8, 4) is 0 Å². The molecular weight excluding hydrogens is 394 g/mol. The molecule has 1 amide bonds. The van der Waals surface area contributed by atoms with Crippen LogP contribution in [0.3, 0.4) is 0 Å². The van der Waals surface area contributed by atoms with Crippen molar-refractivity contribution in [3.63, 3.8) is 0 Å². The smallest absolute Gasteiger partial charge is 0.431 e. The molecule has 8 atom stereocenters. The van der Waals surface area contributed by atoms with Crippen LogP contribution >= 0.6 is 0 Å². The van der Waals surface area contributed by atoms with Crippen molar-refractivity contribution in [1.82, 2.24) is 5.48 Å². The Hall–Kier alpha value is -1.52. The molecule has 3 rings (SSSR count). The molecule has 9 nitrogen and oxygen atoms in total. The highest BCUT2D eigenvalue weighted by Crippen LogP contribution is 2.66. The third-order valence-electron chi connectivity index (χ3n) is 8.05. The number of amides is 1. The van der Waals surface area contributed by atoms with Gasteiger partial charge in [-0.25, -0.2) is 10.3 Å². The number of aliphatic hydroxyl groups excluding tert-OH is 2. The van der Waals surface area contributed by atoms with Gasteiger partial charge in [0.2, 0.25) is 0 Å². The van der Waals surface area contributed by atoms with Crippen LogP contribution < -0.4 is 5.48 Å². The first-order valence-corrected chi connectivity index (χ1v) is 10.2. The number of ether oxygens (including phenoxy) is 2. The second kappa shape index (κ2) is 6.74. The second-order valence-corrected chi connectivity index (χ2v) is 10.3. The SMILES string of the molecule is C=C[C@@]1(C)CC(=O)[C@]2(O)[C@@]3(C)[C@@H](O)CCC(C)(C)[C@@H]3[C@H](O)[C@H](OC(=O)NO)[C@@]2(C)O1. The van der Waals surface area contributed by atoms with Gasteiger partial charge < -0.3 is 24.8 Å². The lowest BCUT2D eigenvalue weighted by Crippen LogP contribution is -2.86. The van der Waals surface area contributed by atoms with E-state index >= 15 is 0 Å². The molecule has 0 spiro atoms. The molecule has 0 unspecified atom stereocenters. The standard InChI is InChI=1S/C21H33NO8/c1-7-18(4)10-12(24)21(27)19(5)11(23)8-9-17(2,3)14(19)13(25)15(20(21,6)30-18)29-16(26)22-28/h7,11,13-15,23,25,27-28H,1,8-10H2,2-6H3,(H,22,26)/t11-,13-,14-,15-,18-,19-,20+,21-/m0/s1. The summed E-state index contributed by atoms with van der Waals surface area (Å²) in [5.41, 5.74) is -6.17. The van der Waals surface area contributed by atoms with E-state index in [0.29, 0.717) is 12.8 Å². The van der Waals surface area contributed by atoms with Crippen molar-refractivity contribution in [2.24, 2.45) is 16.7 Å². The highest BCUT2D eigenvalue weighted by atomic mass is 16.6. The van der Waals surface area contributed by atoms with Crippen LogP contribution in [-0.2, 0) is 14.3 Å². The third-order valence-corrected chi connectivity index (χ3v) is 8.05. The molecule has 1 saturated heterocycles. The van der Waals surface area contributed by atoms with E-state index in [-0.39, 0.29) is 6.42 Å². The van der Waals surface area contributed by atoms with E-state index in [9.17, 15) is 24.9 Å². The van der Waals surface area contributed by atoms with Crippen molar-refractivity contribution in [1.29, 1.82) is 0 Å². The zero-order chi connectivity index (χ0) is 22.9. The summed E-state index contributed by atoms with van der Waals surface area (Å²) in [5.74, 6) is -1.41. The summed E-state index contributed by atoms with van der Waals surface area (Å²) in [6.45, 7) is 12.0. The molecule has 0 aromatic carbocycles. The van der Waals surface area contributed by atoms with Crippen LogP contribution in [0.1, 0.15) is 53.9 Å². The van der Waals surface area contributed by atoms with Crippen LogP contribution in [-0.4, -0.2) is 67.5 Å². The number of aliphatic hydroxyl groups is 3. The van der Waals surface area contributed by atoms with Gasteiger partial charge in [-0.1, -0.05) is 26.8 Å². The maximum absolute atomic E-state index is 13.6. The average molecular weight is 427 g/mol. The number of nitrogens with one attached hydrogen (secondary N) is 1. The maximum atomic E-state index is 13.6. The summed E-state index contributed by atoms with van der Waals surface area (Å²) < 4.78 is 11.5. The number of carbonyl (C=O) groups excluding carboxylic acids is 2. The third kappa shape index (κ3) is 2.65. The quantitative estimate of drug-likeness (QED) is 0.250. The first kappa shape index (κ1) is 23.1. The van der Waals surface area contributed by atoms with E-state index in [0.717, 1.165) is 0 Å². The van der Waals surface area contributed by atoms with Gasteiger partial charge in [0.1, 0.15) is 5.60 Å². The Kier molecular flexibility index (Phi) is 5.20. The monoisotopic (exact) mass is 427 g/mol. The van der Waals surface area contributed by atoms with E-state index in [1.807, 2.05) is 13.8 Å². The lowest BCUT2D eigenvalue weighted by Gasteiger charge is -2.71. The van der Waals surface area contributed by atoms with Gasteiger partial charge in [0.25, 0.3) is 0 Å². The number of Topliss-reactive ketones (excluding diaryl/α,β-unsaturated/α-hetero) is 1. The van der Waals surface area contributed by atoms with E-state index in [1.165, 1.54) is 18.5 Å². The van der Waals surface area contributed by atoms with Gasteiger partial charge in [0.15, 0.2) is 17.5 Å². The minimum absolute atomic E-state index is 0.201. The van der Waals surface area contributed by atoms with Gasteiger partial charge >= 0.3 is 6.09 Å². The van der Waals surface area contributed by atoms with Crippen LogP contribution in [0.15, 0.2) is 12.7 Å². The molecule has 0 aromatic heterocycles. The first-order chi connectivity index (χ1) is 13.6.